The predicted octanol–water partition coefficient (Wildman–Crippen LogP) is 0.651. The van der Waals surface area contributed by atoms with Crippen molar-refractivity contribution >= 4 is 5.91 Å². The number of amides is 1. The van der Waals surface area contributed by atoms with Crippen LogP contribution in [-0.4, -0.2) is 25.7 Å². The van der Waals surface area contributed by atoms with Gasteiger partial charge in [-0.15, -0.1) is 0 Å². The van der Waals surface area contributed by atoms with Crippen molar-refractivity contribution in [2.75, 3.05) is 19.8 Å². The largest absolute Gasteiger partial charge is 0.380 e. The summed E-state index contributed by atoms with van der Waals surface area (Å²) in [5.41, 5.74) is 0. The third kappa shape index (κ3) is 1.46. The first-order chi connectivity index (χ1) is 6.20. The van der Waals surface area contributed by atoms with Gasteiger partial charge in [0.25, 0.3) is 0 Å². The van der Waals surface area contributed by atoms with E-state index in [1.165, 1.54) is 0 Å². The summed E-state index contributed by atoms with van der Waals surface area (Å²) in [5.74, 6) is 1.91. The van der Waals surface area contributed by atoms with Gasteiger partial charge in [-0.3, -0.25) is 4.79 Å². The number of nitrogens with one attached hydrogen (secondary N) is 1. The first-order valence-electron chi connectivity index (χ1n) is 5.05. The van der Waals surface area contributed by atoms with E-state index < -0.39 is 0 Å². The lowest BCUT2D eigenvalue weighted by Crippen LogP contribution is -2.32. The molecule has 13 heavy (non-hydrogen) atoms. The van der Waals surface area contributed by atoms with Gasteiger partial charge in [-0.2, -0.15) is 0 Å². The summed E-state index contributed by atoms with van der Waals surface area (Å²) in [6.45, 7) is 6.65. The van der Waals surface area contributed by atoms with Crippen molar-refractivity contribution in [2.45, 2.75) is 13.8 Å². The van der Waals surface area contributed by atoms with Crippen molar-refractivity contribution < 1.29 is 9.53 Å². The van der Waals surface area contributed by atoms with Crippen LogP contribution in [0.15, 0.2) is 0 Å². The molecule has 1 N–H and O–H groups in total. The van der Waals surface area contributed by atoms with E-state index in [0.29, 0.717) is 24.4 Å². The van der Waals surface area contributed by atoms with Gasteiger partial charge in [0.15, 0.2) is 0 Å². The molecule has 74 valence electrons. The lowest BCUT2D eigenvalue weighted by atomic mass is 9.79. The van der Waals surface area contributed by atoms with E-state index >= 15 is 0 Å². The van der Waals surface area contributed by atoms with Crippen molar-refractivity contribution in [1.29, 1.82) is 0 Å². The van der Waals surface area contributed by atoms with Crippen LogP contribution in [0, 0.1) is 23.7 Å². The maximum atomic E-state index is 11.6. The lowest BCUT2D eigenvalue weighted by molar-refractivity contribution is -0.125. The number of carbonyl (C=O) groups excluding carboxylic acids is 1. The molecule has 2 aliphatic rings. The fourth-order valence-corrected chi connectivity index (χ4v) is 2.36. The first-order valence-corrected chi connectivity index (χ1v) is 5.05. The molecule has 2 aliphatic heterocycles. The van der Waals surface area contributed by atoms with E-state index in [-0.39, 0.29) is 11.8 Å². The van der Waals surface area contributed by atoms with Gasteiger partial charge in [0.2, 0.25) is 5.91 Å². The first kappa shape index (κ1) is 9.00. The standard InChI is InChI=1S/C10H17NO2/c1-6-3-11-10(12)9-5-13-4-8(9)7(6)2/h6-9H,3-5H2,1-2H3,(H,11,12)/t6-,7-,8+,9+/m1/s1. The highest BCUT2D eigenvalue weighted by Gasteiger charge is 2.41. The second-order valence-electron chi connectivity index (χ2n) is 4.39. The molecule has 0 saturated carbocycles. The van der Waals surface area contributed by atoms with E-state index in [2.05, 4.69) is 19.2 Å². The quantitative estimate of drug-likeness (QED) is 0.599. The van der Waals surface area contributed by atoms with Crippen LogP contribution < -0.4 is 5.32 Å². The lowest BCUT2D eigenvalue weighted by Gasteiger charge is -2.22. The van der Waals surface area contributed by atoms with Crippen LogP contribution >= 0.6 is 0 Å². The molecule has 0 spiro atoms. The van der Waals surface area contributed by atoms with Gasteiger partial charge in [-0.25, -0.2) is 0 Å². The number of ether oxygens (including phenoxy) is 1. The molecular formula is C10H17NO2. The highest BCUT2D eigenvalue weighted by Crippen LogP contribution is 2.34. The Kier molecular flexibility index (Phi) is 2.28. The van der Waals surface area contributed by atoms with Gasteiger partial charge in [0, 0.05) is 6.54 Å². The SMILES string of the molecule is C[C@H]1[C@@H]2COC[C@@H]2C(=O)NC[C@H]1C. The monoisotopic (exact) mass is 183 g/mol. The Labute approximate surface area is 78.8 Å². The molecule has 0 aromatic carbocycles. The van der Waals surface area contributed by atoms with Crippen molar-refractivity contribution in [2.24, 2.45) is 23.7 Å². The Balaban J connectivity index is 2.19. The number of hydrogen-bond acceptors (Lipinski definition) is 2. The van der Waals surface area contributed by atoms with Crippen LogP contribution in [0.25, 0.3) is 0 Å². The minimum absolute atomic E-state index is 0.111. The summed E-state index contributed by atoms with van der Waals surface area (Å²) >= 11 is 0. The van der Waals surface area contributed by atoms with Gasteiger partial charge in [-0.1, -0.05) is 13.8 Å². The summed E-state index contributed by atoms with van der Waals surface area (Å²) in [7, 11) is 0. The van der Waals surface area contributed by atoms with Gasteiger partial charge in [0.1, 0.15) is 0 Å². The summed E-state index contributed by atoms with van der Waals surface area (Å²) in [6, 6.07) is 0. The molecular weight excluding hydrogens is 166 g/mol. The van der Waals surface area contributed by atoms with Crippen LogP contribution in [0.5, 0.6) is 0 Å². The van der Waals surface area contributed by atoms with Crippen LogP contribution in [0.1, 0.15) is 13.8 Å². The second-order valence-corrected chi connectivity index (χ2v) is 4.39. The maximum absolute atomic E-state index is 11.6. The number of hydrogen-bond donors (Lipinski definition) is 1. The number of fused-ring (bicyclic) bond motifs is 1. The molecule has 2 heterocycles. The molecule has 4 atom stereocenters. The Morgan fingerprint density at radius 3 is 2.92 bits per heavy atom. The topological polar surface area (TPSA) is 38.3 Å². The third-order valence-corrected chi connectivity index (χ3v) is 3.63. The maximum Gasteiger partial charge on any atom is 0.225 e. The Morgan fingerprint density at radius 2 is 2.15 bits per heavy atom. The fourth-order valence-electron chi connectivity index (χ4n) is 2.36. The summed E-state index contributed by atoms with van der Waals surface area (Å²) in [4.78, 5) is 11.6. The van der Waals surface area contributed by atoms with Crippen molar-refractivity contribution in [3.63, 3.8) is 0 Å². The summed E-state index contributed by atoms with van der Waals surface area (Å²) < 4.78 is 5.38. The predicted molar refractivity (Wildman–Crippen MR) is 49.1 cm³/mol. The molecule has 1 amide bonds. The van der Waals surface area contributed by atoms with Gasteiger partial charge >= 0.3 is 0 Å². The summed E-state index contributed by atoms with van der Waals surface area (Å²) in [6.07, 6.45) is 0. The number of carbonyl (C=O) groups is 1. The highest BCUT2D eigenvalue weighted by atomic mass is 16.5. The molecule has 0 aromatic rings. The second kappa shape index (κ2) is 3.29. The fraction of sp³-hybridized carbons (Fsp3) is 0.900. The van der Waals surface area contributed by atoms with Crippen LogP contribution in [0.4, 0.5) is 0 Å². The Morgan fingerprint density at radius 1 is 1.38 bits per heavy atom. The Hall–Kier alpha value is -0.570. The van der Waals surface area contributed by atoms with Gasteiger partial charge in [-0.05, 0) is 17.8 Å². The van der Waals surface area contributed by atoms with Crippen molar-refractivity contribution in [1.82, 2.24) is 5.32 Å². The van der Waals surface area contributed by atoms with E-state index in [1.54, 1.807) is 0 Å². The molecule has 0 aliphatic carbocycles. The minimum Gasteiger partial charge on any atom is -0.380 e. The third-order valence-electron chi connectivity index (χ3n) is 3.63. The average molecular weight is 183 g/mol. The number of rotatable bonds is 0. The van der Waals surface area contributed by atoms with E-state index in [4.69, 9.17) is 4.74 Å². The van der Waals surface area contributed by atoms with Crippen LogP contribution in [0.2, 0.25) is 0 Å². The zero-order valence-electron chi connectivity index (χ0n) is 8.25. The zero-order valence-corrected chi connectivity index (χ0v) is 8.25. The molecule has 2 fully saturated rings. The van der Waals surface area contributed by atoms with Gasteiger partial charge in [0.05, 0.1) is 19.1 Å². The molecule has 3 heteroatoms. The van der Waals surface area contributed by atoms with Crippen LogP contribution in [-0.2, 0) is 9.53 Å². The zero-order chi connectivity index (χ0) is 9.42. The normalized spacial score (nSPS) is 45.2. The molecule has 0 bridgehead atoms. The molecule has 2 saturated heterocycles. The molecule has 0 unspecified atom stereocenters. The summed E-state index contributed by atoms with van der Waals surface area (Å²) in [5, 5.41) is 2.98. The van der Waals surface area contributed by atoms with Crippen molar-refractivity contribution in [3.8, 4) is 0 Å². The van der Waals surface area contributed by atoms with Gasteiger partial charge < -0.3 is 10.1 Å². The minimum atomic E-state index is 0.111. The average Bonchev–Trinajstić information content (AvgIpc) is 2.57. The van der Waals surface area contributed by atoms with E-state index in [9.17, 15) is 4.79 Å². The molecule has 3 nitrogen and oxygen atoms in total. The smallest absolute Gasteiger partial charge is 0.225 e. The van der Waals surface area contributed by atoms with E-state index in [1.807, 2.05) is 0 Å². The van der Waals surface area contributed by atoms with Crippen LogP contribution in [0.3, 0.4) is 0 Å². The Bertz CT molecular complexity index is 217. The molecule has 0 aromatic heterocycles. The van der Waals surface area contributed by atoms with Crippen molar-refractivity contribution in [3.05, 3.63) is 0 Å². The van der Waals surface area contributed by atoms with E-state index in [0.717, 1.165) is 13.2 Å². The highest BCUT2D eigenvalue weighted by molar-refractivity contribution is 5.79. The molecule has 0 radical (unpaired) electrons. The molecule has 2 rings (SSSR count).